The van der Waals surface area contributed by atoms with Gasteiger partial charge >= 0.3 is 5.97 Å². The van der Waals surface area contributed by atoms with E-state index >= 15 is 0 Å². The molecule has 10 atom stereocenters. The number of hydrogen-bond acceptors (Lipinski definition) is 7. The Morgan fingerprint density at radius 2 is 1.67 bits per heavy atom. The van der Waals surface area contributed by atoms with E-state index in [1.165, 1.54) is 25.7 Å². The highest BCUT2D eigenvalue weighted by Gasteiger charge is 2.62. The number of quaternary nitrogens is 1. The Bertz CT molecular complexity index is 1040. The molecule has 0 aromatic carbocycles. The molecule has 0 aliphatic heterocycles. The highest BCUT2D eigenvalue weighted by atomic mass is 32.2. The van der Waals surface area contributed by atoms with Crippen molar-refractivity contribution in [1.82, 2.24) is 5.48 Å². The Balaban J connectivity index is 1.20. The molecule has 4 saturated carbocycles. The number of rotatable bonds is 13. The molecule has 4 N–H and O–H groups in total. The van der Waals surface area contributed by atoms with Crippen LogP contribution in [0.15, 0.2) is 0 Å². The molecule has 4 rings (SSSR count). The summed E-state index contributed by atoms with van der Waals surface area (Å²) >= 11 is 0. The van der Waals surface area contributed by atoms with E-state index in [-0.39, 0.29) is 34.8 Å². The van der Waals surface area contributed by atoms with Crippen LogP contribution >= 0.6 is 0 Å². The maximum Gasteiger partial charge on any atom is 0.324 e. The van der Waals surface area contributed by atoms with Crippen LogP contribution in [0.5, 0.6) is 0 Å². The monoisotopic (exact) mass is 615 g/mol. The van der Waals surface area contributed by atoms with E-state index in [1.54, 1.807) is 0 Å². The fourth-order valence-electron chi connectivity index (χ4n) is 10.3. The predicted octanol–water partition coefficient (Wildman–Crippen LogP) is 4.19. The first-order chi connectivity index (χ1) is 19.6. The van der Waals surface area contributed by atoms with E-state index in [1.807, 2.05) is 14.1 Å². The van der Waals surface area contributed by atoms with Gasteiger partial charge in [0.25, 0.3) is 10.1 Å². The van der Waals surface area contributed by atoms with Crippen LogP contribution in [0.25, 0.3) is 0 Å². The molecule has 4 unspecified atom stereocenters. The van der Waals surface area contributed by atoms with Crippen molar-refractivity contribution in [1.29, 1.82) is 0 Å². The minimum Gasteiger partial charge on any atom is -0.393 e. The van der Waals surface area contributed by atoms with Crippen LogP contribution in [0.1, 0.15) is 97.8 Å². The van der Waals surface area contributed by atoms with Crippen molar-refractivity contribution in [2.75, 3.05) is 39.5 Å². The Labute approximate surface area is 254 Å². The molecular weight excluding hydrogens is 556 g/mol. The average molecular weight is 616 g/mol. The molecular formula is C32H59N2O7S+. The molecule has 0 aromatic rings. The van der Waals surface area contributed by atoms with Gasteiger partial charge in [0.05, 0.1) is 45.1 Å². The summed E-state index contributed by atoms with van der Waals surface area (Å²) in [5.41, 5.74) is 3.25. The van der Waals surface area contributed by atoms with Gasteiger partial charge in [-0.1, -0.05) is 20.8 Å². The normalized spacial score (nSPS) is 39.2. The van der Waals surface area contributed by atoms with Gasteiger partial charge in [-0.15, -0.1) is 0 Å². The van der Waals surface area contributed by atoms with Crippen LogP contribution in [-0.2, 0) is 19.8 Å². The lowest BCUT2D eigenvalue weighted by atomic mass is 9.43. The fourth-order valence-corrected chi connectivity index (χ4v) is 10.8. The van der Waals surface area contributed by atoms with Gasteiger partial charge in [0.2, 0.25) is 0 Å². The van der Waals surface area contributed by atoms with Crippen LogP contribution in [0.4, 0.5) is 0 Å². The fraction of sp³-hybridized carbons (Fsp3) is 0.969. The van der Waals surface area contributed by atoms with Gasteiger partial charge in [0.15, 0.2) is 0 Å². The Kier molecular flexibility index (Phi) is 10.8. The van der Waals surface area contributed by atoms with Crippen molar-refractivity contribution in [2.24, 2.45) is 46.3 Å². The second kappa shape index (κ2) is 13.3. The number of carbonyl (C=O) groups excluding carboxylic acids is 1. The second-order valence-corrected chi connectivity index (χ2v) is 17.3. The van der Waals surface area contributed by atoms with E-state index in [0.29, 0.717) is 65.9 Å². The first-order valence-electron chi connectivity index (χ1n) is 16.6. The second-order valence-electron chi connectivity index (χ2n) is 15.7. The lowest BCUT2D eigenvalue weighted by Gasteiger charge is -2.62. The molecule has 0 bridgehead atoms. The number of nitrogens with one attached hydrogen (secondary N) is 1. The first kappa shape index (κ1) is 34.1. The molecule has 0 amide bonds. The number of aliphatic hydroxyl groups is 2. The van der Waals surface area contributed by atoms with Crippen LogP contribution in [0, 0.1) is 46.3 Å². The van der Waals surface area contributed by atoms with E-state index in [2.05, 4.69) is 26.3 Å². The Morgan fingerprint density at radius 1 is 1.00 bits per heavy atom. The van der Waals surface area contributed by atoms with Crippen LogP contribution in [0.2, 0.25) is 0 Å². The predicted molar refractivity (Wildman–Crippen MR) is 163 cm³/mol. The third-order valence-corrected chi connectivity index (χ3v) is 13.4. The SMILES string of the molecule is C[C@H](CCC(=O)ONCCC[N+](C)(C)CCCS(=O)(=O)O)[C@H]1CCC2C3C(O)C[C@@H]4C[C@H](O)CC[C@]4(C)C3CC[C@@]21C. The van der Waals surface area contributed by atoms with Crippen LogP contribution in [-0.4, -0.2) is 85.3 Å². The number of hydrogen-bond donors (Lipinski definition) is 4. The lowest BCUT2D eigenvalue weighted by molar-refractivity contribution is -0.890. The number of nitrogens with zero attached hydrogens (tertiary/aromatic N) is 1. The molecule has 4 aliphatic carbocycles. The van der Waals surface area contributed by atoms with Gasteiger partial charge in [-0.2, -0.15) is 13.9 Å². The van der Waals surface area contributed by atoms with E-state index in [0.717, 1.165) is 45.1 Å². The number of aliphatic hydroxyl groups excluding tert-OH is 2. The minimum absolute atomic E-state index is 0.202. The van der Waals surface area contributed by atoms with Crippen LogP contribution in [0.3, 0.4) is 0 Å². The quantitative estimate of drug-likeness (QED) is 0.105. The summed E-state index contributed by atoms with van der Waals surface area (Å²) in [6.45, 7) is 9.20. The summed E-state index contributed by atoms with van der Waals surface area (Å²) < 4.78 is 31.4. The number of carbonyl (C=O) groups is 1. The van der Waals surface area contributed by atoms with E-state index in [4.69, 9.17) is 9.39 Å². The summed E-state index contributed by atoms with van der Waals surface area (Å²) in [6.07, 6.45) is 10.3. The molecule has 0 aromatic heterocycles. The molecule has 0 spiro atoms. The van der Waals surface area contributed by atoms with Gasteiger partial charge in [0.1, 0.15) is 0 Å². The maximum absolute atomic E-state index is 12.5. The molecule has 4 fully saturated rings. The highest BCUT2D eigenvalue weighted by molar-refractivity contribution is 7.85. The zero-order chi connectivity index (χ0) is 30.9. The molecule has 0 saturated heterocycles. The topological polar surface area (TPSA) is 133 Å². The summed E-state index contributed by atoms with van der Waals surface area (Å²) in [6, 6.07) is 0. The van der Waals surface area contributed by atoms with Crippen LogP contribution < -0.4 is 5.48 Å². The Hall–Kier alpha value is -0.780. The summed E-state index contributed by atoms with van der Waals surface area (Å²) in [7, 11) is 0.114. The van der Waals surface area contributed by atoms with Crippen molar-refractivity contribution >= 4 is 16.1 Å². The van der Waals surface area contributed by atoms with Crippen molar-refractivity contribution in [3.63, 3.8) is 0 Å². The van der Waals surface area contributed by atoms with Gasteiger partial charge in [-0.3, -0.25) is 9.35 Å². The first-order valence-corrected chi connectivity index (χ1v) is 18.2. The Morgan fingerprint density at radius 3 is 2.38 bits per heavy atom. The van der Waals surface area contributed by atoms with E-state index in [9.17, 15) is 23.4 Å². The van der Waals surface area contributed by atoms with Gasteiger partial charge in [0, 0.05) is 25.8 Å². The third kappa shape index (κ3) is 7.71. The van der Waals surface area contributed by atoms with Gasteiger partial charge < -0.3 is 19.5 Å². The average Bonchev–Trinajstić information content (AvgIpc) is 3.24. The summed E-state index contributed by atoms with van der Waals surface area (Å²) in [5, 5.41) is 21.8. The lowest BCUT2D eigenvalue weighted by Crippen LogP contribution is -2.58. The van der Waals surface area contributed by atoms with Crippen molar-refractivity contribution in [3.05, 3.63) is 0 Å². The van der Waals surface area contributed by atoms with E-state index < -0.39 is 10.1 Å². The molecule has 0 radical (unpaired) electrons. The smallest absolute Gasteiger partial charge is 0.324 e. The van der Waals surface area contributed by atoms with Crippen molar-refractivity contribution in [2.45, 2.75) is 110 Å². The standard InChI is InChI=1S/C32H58N2O7S/c1-22(8-11-29(37)41-33-16-6-17-34(4,5)18-7-19-42(38,39)40)25-9-10-26-30-27(13-15-32(25,26)3)31(2)14-12-24(35)20-23(31)21-28(30)36/h22-28,30,33,35-36H,6-21H2,1-5H3/p+1/t22-,23+,24-,25-,26?,27?,28?,30?,31+,32-/m1/s1. The highest BCUT2D eigenvalue weighted by Crippen LogP contribution is 2.68. The summed E-state index contributed by atoms with van der Waals surface area (Å²) in [5.74, 6) is 2.39. The molecule has 4 aliphatic rings. The third-order valence-electron chi connectivity index (χ3n) is 12.6. The zero-order valence-corrected chi connectivity index (χ0v) is 27.6. The minimum atomic E-state index is -3.92. The zero-order valence-electron chi connectivity index (χ0n) is 26.8. The molecule has 0 heterocycles. The largest absolute Gasteiger partial charge is 0.393 e. The van der Waals surface area contributed by atoms with Gasteiger partial charge in [-0.05, 0) is 104 Å². The number of hydroxylamine groups is 1. The molecule has 244 valence electrons. The molecule has 42 heavy (non-hydrogen) atoms. The molecule has 10 heteroatoms. The maximum atomic E-state index is 12.5. The molecule has 9 nitrogen and oxygen atoms in total. The van der Waals surface area contributed by atoms with Gasteiger partial charge in [-0.25, -0.2) is 0 Å². The van der Waals surface area contributed by atoms with Crippen molar-refractivity contribution < 1.29 is 37.3 Å². The summed E-state index contributed by atoms with van der Waals surface area (Å²) in [4.78, 5) is 17.8. The number of fused-ring (bicyclic) bond motifs is 5. The van der Waals surface area contributed by atoms with Crippen molar-refractivity contribution in [3.8, 4) is 0 Å².